The predicted molar refractivity (Wildman–Crippen MR) is 74.9 cm³/mol. The van der Waals surface area contributed by atoms with Crippen molar-refractivity contribution < 1.29 is 13.9 Å². The Hall–Kier alpha value is -1.75. The van der Waals surface area contributed by atoms with Crippen molar-refractivity contribution in [1.82, 2.24) is 0 Å². The summed E-state index contributed by atoms with van der Waals surface area (Å²) >= 11 is 1.70. The van der Waals surface area contributed by atoms with E-state index in [0.717, 1.165) is 39.2 Å². The summed E-state index contributed by atoms with van der Waals surface area (Å²) in [4.78, 5) is 1.13. The summed E-state index contributed by atoms with van der Waals surface area (Å²) in [5, 5.41) is 0. The Morgan fingerprint density at radius 1 is 1.21 bits per heavy atom. The van der Waals surface area contributed by atoms with Crippen LogP contribution in [0.1, 0.15) is 11.3 Å². The quantitative estimate of drug-likeness (QED) is 0.689. The lowest BCUT2D eigenvalue weighted by molar-refractivity contribution is 0.171. The second-order valence-electron chi connectivity index (χ2n) is 4.32. The van der Waals surface area contributed by atoms with E-state index in [1.807, 2.05) is 25.1 Å². The van der Waals surface area contributed by atoms with E-state index in [9.17, 15) is 0 Å². The summed E-state index contributed by atoms with van der Waals surface area (Å²) in [7, 11) is 0. The van der Waals surface area contributed by atoms with Gasteiger partial charge in [-0.15, -0.1) is 11.8 Å². The molecule has 2 N–H and O–H groups in total. The highest BCUT2D eigenvalue weighted by Gasteiger charge is 2.15. The van der Waals surface area contributed by atoms with Crippen LogP contribution in [-0.4, -0.2) is 13.2 Å². The first-order valence-corrected chi connectivity index (χ1v) is 7.07. The number of hydrogen-bond donors (Lipinski definition) is 1. The van der Waals surface area contributed by atoms with Gasteiger partial charge in [0.2, 0.25) is 0 Å². The van der Waals surface area contributed by atoms with Crippen LogP contribution in [0.5, 0.6) is 11.5 Å². The number of furan rings is 1. The zero-order valence-corrected chi connectivity index (χ0v) is 11.5. The third-order valence-corrected chi connectivity index (χ3v) is 4.19. The highest BCUT2D eigenvalue weighted by Crippen LogP contribution is 2.37. The fraction of sp³-hybridized carbons (Fsp3) is 0.286. The Morgan fingerprint density at radius 2 is 1.95 bits per heavy atom. The molecule has 1 aromatic heterocycles. The largest absolute Gasteiger partial charge is 0.486 e. The van der Waals surface area contributed by atoms with Crippen LogP contribution in [0.2, 0.25) is 0 Å². The number of rotatable bonds is 3. The average Bonchev–Trinajstić information content (AvgIpc) is 2.82. The molecule has 2 aromatic rings. The fourth-order valence-electron chi connectivity index (χ4n) is 1.95. The molecular formula is C14H15NO3S. The molecule has 0 bridgehead atoms. The normalized spacial score (nSPS) is 13.5. The van der Waals surface area contributed by atoms with Gasteiger partial charge in [-0.1, -0.05) is 0 Å². The molecule has 0 fully saturated rings. The lowest BCUT2D eigenvalue weighted by Crippen LogP contribution is -2.15. The van der Waals surface area contributed by atoms with E-state index in [1.54, 1.807) is 18.0 Å². The molecule has 19 heavy (non-hydrogen) atoms. The molecule has 0 radical (unpaired) electrons. The molecule has 0 unspecified atom stereocenters. The summed E-state index contributed by atoms with van der Waals surface area (Å²) in [6.45, 7) is 3.12. The van der Waals surface area contributed by atoms with Crippen LogP contribution in [-0.2, 0) is 5.75 Å². The van der Waals surface area contributed by atoms with E-state index in [4.69, 9.17) is 19.6 Å². The number of aryl methyl sites for hydroxylation is 1. The Bertz CT molecular complexity index is 594. The Labute approximate surface area is 115 Å². The van der Waals surface area contributed by atoms with E-state index in [0.29, 0.717) is 13.2 Å². The lowest BCUT2D eigenvalue weighted by Gasteiger charge is -2.20. The Kier molecular flexibility index (Phi) is 3.29. The smallest absolute Gasteiger partial charge is 0.163 e. The number of benzene rings is 1. The molecule has 100 valence electrons. The monoisotopic (exact) mass is 277 g/mol. The standard InChI is InChI=1S/C14H15NO3S/c1-9-14(2-3-16-9)19-8-10-6-12-13(7-11(10)15)18-5-4-17-12/h2-3,6-7H,4-5,8,15H2,1H3. The molecule has 5 heteroatoms. The number of anilines is 1. The summed E-state index contributed by atoms with van der Waals surface area (Å²) in [6.07, 6.45) is 1.70. The Morgan fingerprint density at radius 3 is 2.63 bits per heavy atom. The second kappa shape index (κ2) is 5.09. The highest BCUT2D eigenvalue weighted by atomic mass is 32.2. The van der Waals surface area contributed by atoms with Crippen molar-refractivity contribution >= 4 is 17.4 Å². The summed E-state index contributed by atoms with van der Waals surface area (Å²) < 4.78 is 16.4. The number of fused-ring (bicyclic) bond motifs is 1. The molecule has 0 aliphatic carbocycles. The molecule has 1 aliphatic rings. The number of thioether (sulfide) groups is 1. The molecule has 1 aliphatic heterocycles. The molecule has 0 saturated carbocycles. The number of hydrogen-bond acceptors (Lipinski definition) is 5. The second-order valence-corrected chi connectivity index (χ2v) is 5.34. The molecule has 0 amide bonds. The maximum atomic E-state index is 6.05. The van der Waals surface area contributed by atoms with Gasteiger partial charge >= 0.3 is 0 Å². The summed E-state index contributed by atoms with van der Waals surface area (Å²) in [5.74, 6) is 3.22. The highest BCUT2D eigenvalue weighted by molar-refractivity contribution is 7.98. The van der Waals surface area contributed by atoms with Crippen molar-refractivity contribution in [2.75, 3.05) is 18.9 Å². The van der Waals surface area contributed by atoms with Gasteiger partial charge in [-0.2, -0.15) is 0 Å². The third-order valence-electron chi connectivity index (χ3n) is 3.00. The van der Waals surface area contributed by atoms with E-state index < -0.39 is 0 Å². The zero-order valence-electron chi connectivity index (χ0n) is 10.6. The molecule has 0 saturated heterocycles. The molecule has 4 nitrogen and oxygen atoms in total. The number of ether oxygens (including phenoxy) is 2. The van der Waals surface area contributed by atoms with E-state index in [2.05, 4.69) is 0 Å². The van der Waals surface area contributed by atoms with Gasteiger partial charge in [-0.05, 0) is 24.6 Å². The van der Waals surface area contributed by atoms with Crippen molar-refractivity contribution in [3.05, 3.63) is 35.8 Å². The van der Waals surface area contributed by atoms with Gasteiger partial charge in [0.05, 0.1) is 6.26 Å². The van der Waals surface area contributed by atoms with Crippen molar-refractivity contribution in [3.8, 4) is 11.5 Å². The minimum absolute atomic E-state index is 0.578. The zero-order chi connectivity index (χ0) is 13.2. The lowest BCUT2D eigenvalue weighted by atomic mass is 10.2. The maximum Gasteiger partial charge on any atom is 0.163 e. The first-order valence-electron chi connectivity index (χ1n) is 6.09. The molecule has 0 atom stereocenters. The summed E-state index contributed by atoms with van der Waals surface area (Å²) in [6, 6.07) is 5.77. The number of nitrogen functional groups attached to an aromatic ring is 1. The van der Waals surface area contributed by atoms with Crippen LogP contribution >= 0.6 is 11.8 Å². The van der Waals surface area contributed by atoms with Gasteiger partial charge in [0.15, 0.2) is 11.5 Å². The summed E-state index contributed by atoms with van der Waals surface area (Å²) in [5.41, 5.74) is 7.83. The van der Waals surface area contributed by atoms with Crippen molar-refractivity contribution in [3.63, 3.8) is 0 Å². The van der Waals surface area contributed by atoms with E-state index >= 15 is 0 Å². The maximum absolute atomic E-state index is 6.05. The van der Waals surface area contributed by atoms with Crippen molar-refractivity contribution in [2.45, 2.75) is 17.6 Å². The first-order chi connectivity index (χ1) is 9.24. The first kappa shape index (κ1) is 12.3. The van der Waals surface area contributed by atoms with Crippen molar-refractivity contribution in [2.24, 2.45) is 0 Å². The van der Waals surface area contributed by atoms with Gasteiger partial charge in [-0.3, -0.25) is 0 Å². The van der Waals surface area contributed by atoms with E-state index in [1.165, 1.54) is 0 Å². The Balaban J connectivity index is 1.79. The molecule has 2 heterocycles. The SMILES string of the molecule is Cc1occc1SCc1cc2c(cc1N)OCCO2. The van der Waals surface area contributed by atoms with Crippen molar-refractivity contribution in [1.29, 1.82) is 0 Å². The van der Waals surface area contributed by atoms with Gasteiger partial charge in [0, 0.05) is 22.4 Å². The van der Waals surface area contributed by atoms with Crippen LogP contribution in [0.25, 0.3) is 0 Å². The van der Waals surface area contributed by atoms with Crippen LogP contribution in [0.4, 0.5) is 5.69 Å². The third kappa shape index (κ3) is 2.51. The average molecular weight is 277 g/mol. The minimum Gasteiger partial charge on any atom is -0.486 e. The fourth-order valence-corrected chi connectivity index (χ4v) is 2.91. The molecule has 1 aromatic carbocycles. The predicted octanol–water partition coefficient (Wildman–Crippen LogP) is 3.23. The van der Waals surface area contributed by atoms with Gasteiger partial charge in [-0.25, -0.2) is 0 Å². The van der Waals surface area contributed by atoms with Gasteiger partial charge in [0.25, 0.3) is 0 Å². The number of nitrogens with two attached hydrogens (primary N) is 1. The minimum atomic E-state index is 0.578. The van der Waals surface area contributed by atoms with Crippen LogP contribution in [0.3, 0.4) is 0 Å². The molecular weight excluding hydrogens is 262 g/mol. The van der Waals surface area contributed by atoms with Crippen LogP contribution in [0.15, 0.2) is 33.8 Å². The molecule has 3 rings (SSSR count). The van der Waals surface area contributed by atoms with Gasteiger partial charge in [0.1, 0.15) is 19.0 Å². The van der Waals surface area contributed by atoms with Crippen LogP contribution in [0, 0.1) is 6.92 Å². The van der Waals surface area contributed by atoms with E-state index in [-0.39, 0.29) is 0 Å². The van der Waals surface area contributed by atoms with Gasteiger partial charge < -0.3 is 19.6 Å². The van der Waals surface area contributed by atoms with Crippen LogP contribution < -0.4 is 15.2 Å². The topological polar surface area (TPSA) is 57.6 Å². The molecule has 0 spiro atoms.